The average molecular weight is 836 g/mol. The molecule has 1 aromatic carbocycles. The van der Waals surface area contributed by atoms with Gasteiger partial charge in [0.2, 0.25) is 11.8 Å². The molecule has 2 aliphatic heterocycles. The van der Waals surface area contributed by atoms with Gasteiger partial charge in [0.15, 0.2) is 0 Å². The highest BCUT2D eigenvalue weighted by molar-refractivity contribution is 6.36. The highest BCUT2D eigenvalue weighted by Gasteiger charge is 2.61. The molecule has 14 nitrogen and oxygen atoms in total. The lowest BCUT2D eigenvalue weighted by molar-refractivity contribution is -0.145. The Morgan fingerprint density at radius 2 is 1.80 bits per heavy atom. The largest absolute Gasteiger partial charge is 0.491 e. The van der Waals surface area contributed by atoms with Gasteiger partial charge in [-0.1, -0.05) is 50.8 Å². The van der Waals surface area contributed by atoms with Crippen LogP contribution in [0.4, 0.5) is 4.79 Å². The zero-order valence-electron chi connectivity index (χ0n) is 34.2. The Labute approximate surface area is 350 Å². The average Bonchev–Trinajstić information content (AvgIpc) is 4.04. The van der Waals surface area contributed by atoms with Crippen molar-refractivity contribution in [3.05, 3.63) is 41.1 Å². The molecule has 0 bridgehead atoms. The van der Waals surface area contributed by atoms with Crippen LogP contribution >= 0.6 is 11.6 Å². The molecule has 0 unspecified atom stereocenters. The maximum atomic E-state index is 14.5. The molecule has 4 aliphatic carbocycles. The van der Waals surface area contributed by atoms with Crippen LogP contribution in [-0.4, -0.2) is 120 Å². The highest BCUT2D eigenvalue weighted by atomic mass is 35.5. The molecule has 2 aromatic rings. The number of carboxylic acid groups (broad SMARTS) is 1. The van der Waals surface area contributed by atoms with Crippen molar-refractivity contribution in [2.24, 2.45) is 17.8 Å². The number of alkyl carbamates (subject to hydrolysis) is 1. The van der Waals surface area contributed by atoms with Crippen molar-refractivity contribution in [3.8, 4) is 11.5 Å². The molecule has 0 radical (unpaired) electrons. The van der Waals surface area contributed by atoms with Crippen LogP contribution in [0.3, 0.4) is 0 Å². The zero-order chi connectivity index (χ0) is 41.4. The van der Waals surface area contributed by atoms with Crippen molar-refractivity contribution in [1.82, 2.24) is 25.4 Å². The molecule has 3 heterocycles. The number of hydrogen-bond donors (Lipinski definition) is 3. The summed E-state index contributed by atoms with van der Waals surface area (Å²) in [5.41, 5.74) is 0.398. The number of nitrogens with one attached hydrogen (secondary N) is 2. The van der Waals surface area contributed by atoms with E-state index in [1.807, 2.05) is 25.1 Å². The van der Waals surface area contributed by atoms with Crippen LogP contribution in [0.5, 0.6) is 11.5 Å². The van der Waals surface area contributed by atoms with E-state index in [1.165, 1.54) is 17.7 Å². The molecule has 2 saturated heterocycles. The number of pyridine rings is 1. The first-order valence-corrected chi connectivity index (χ1v) is 22.0. The summed E-state index contributed by atoms with van der Waals surface area (Å²) in [6.07, 6.45) is 7.56. The lowest BCUT2D eigenvalue weighted by atomic mass is 9.86. The molecule has 1 aromatic heterocycles. The third-order valence-corrected chi connectivity index (χ3v) is 14.0. The number of fused-ring (bicyclic) bond motifs is 2. The quantitative estimate of drug-likeness (QED) is 0.185. The van der Waals surface area contributed by atoms with E-state index in [4.69, 9.17) is 35.5 Å². The van der Waals surface area contributed by atoms with Gasteiger partial charge in [0, 0.05) is 49.1 Å². The number of carbonyl (C=O) groups is 4. The van der Waals surface area contributed by atoms with E-state index < -0.39 is 47.6 Å². The SMILES string of the molecule is C=C(C)[C@H](NC(=O)O[C@@H]1C[C@@H]2C[C@@H]2C1)C(=O)N1C[C@H](Oc2cc(C3CCCCC3)nc3c(Cl)c(OCCN4CCOCC4)ccc23)C[C@H]1C(=O)N[C@]1(C(=O)O)C[C@H]1CC. The number of benzene rings is 1. The van der Waals surface area contributed by atoms with Gasteiger partial charge >= 0.3 is 12.1 Å². The summed E-state index contributed by atoms with van der Waals surface area (Å²) in [5.74, 6) is 0.0250. The number of rotatable bonds is 15. The predicted molar refractivity (Wildman–Crippen MR) is 220 cm³/mol. The number of nitrogens with zero attached hydrogens (tertiary/aromatic N) is 3. The smallest absolute Gasteiger partial charge is 0.408 e. The van der Waals surface area contributed by atoms with Crippen molar-refractivity contribution < 1.29 is 43.2 Å². The minimum absolute atomic E-state index is 0.000263. The number of aromatic nitrogens is 1. The molecule has 3 N–H and O–H groups in total. The van der Waals surface area contributed by atoms with Gasteiger partial charge in [0.05, 0.1) is 25.3 Å². The molecule has 6 fully saturated rings. The summed E-state index contributed by atoms with van der Waals surface area (Å²) in [4.78, 5) is 63.1. The lowest BCUT2D eigenvalue weighted by Crippen LogP contribution is -2.56. The Balaban J connectivity index is 1.05. The van der Waals surface area contributed by atoms with Crippen molar-refractivity contribution in [2.75, 3.05) is 46.0 Å². The number of likely N-dealkylation sites (tertiary alicyclic amines) is 1. The highest BCUT2D eigenvalue weighted by Crippen LogP contribution is 2.52. The van der Waals surface area contributed by atoms with E-state index in [0.29, 0.717) is 77.5 Å². The van der Waals surface area contributed by atoms with Crippen LogP contribution in [-0.2, 0) is 23.9 Å². The molecule has 320 valence electrons. The summed E-state index contributed by atoms with van der Waals surface area (Å²) in [5, 5.41) is 16.8. The topological polar surface area (TPSA) is 169 Å². The Morgan fingerprint density at radius 3 is 2.47 bits per heavy atom. The van der Waals surface area contributed by atoms with Crippen molar-refractivity contribution >= 4 is 46.4 Å². The van der Waals surface area contributed by atoms with Crippen LogP contribution in [0.15, 0.2) is 30.4 Å². The molecule has 4 saturated carbocycles. The van der Waals surface area contributed by atoms with E-state index in [0.717, 1.165) is 63.9 Å². The Morgan fingerprint density at radius 1 is 1.05 bits per heavy atom. The zero-order valence-corrected chi connectivity index (χ0v) is 35.0. The fraction of sp³-hybridized carbons (Fsp3) is 0.659. The molecule has 59 heavy (non-hydrogen) atoms. The number of aliphatic carboxylic acids is 1. The number of carbonyl (C=O) groups excluding carboxylic acids is 3. The van der Waals surface area contributed by atoms with Gasteiger partial charge in [-0.2, -0.15) is 0 Å². The minimum Gasteiger partial charge on any atom is -0.491 e. The van der Waals surface area contributed by atoms with Crippen molar-refractivity contribution in [3.63, 3.8) is 0 Å². The van der Waals surface area contributed by atoms with Crippen LogP contribution in [0, 0.1) is 17.8 Å². The Hall–Kier alpha value is -4.14. The molecular formula is C44H58ClN5O9. The second-order valence-electron chi connectivity index (χ2n) is 17.7. The summed E-state index contributed by atoms with van der Waals surface area (Å²) < 4.78 is 24.2. The first kappa shape index (κ1) is 41.6. The molecule has 8 atom stereocenters. The Kier molecular flexibility index (Phi) is 12.3. The monoisotopic (exact) mass is 835 g/mol. The van der Waals surface area contributed by atoms with E-state index in [9.17, 15) is 24.3 Å². The fourth-order valence-corrected chi connectivity index (χ4v) is 10.2. The molecular weight excluding hydrogens is 778 g/mol. The molecule has 6 aliphatic rings. The summed E-state index contributed by atoms with van der Waals surface area (Å²) >= 11 is 7.09. The maximum Gasteiger partial charge on any atom is 0.408 e. The van der Waals surface area contributed by atoms with Gasteiger partial charge in [0.1, 0.15) is 53.0 Å². The van der Waals surface area contributed by atoms with Crippen LogP contribution in [0.2, 0.25) is 5.02 Å². The normalized spacial score (nSPS) is 29.6. The predicted octanol–water partition coefficient (Wildman–Crippen LogP) is 5.83. The summed E-state index contributed by atoms with van der Waals surface area (Å²) in [6, 6.07) is 3.41. The number of carboxylic acids is 1. The maximum absolute atomic E-state index is 14.5. The van der Waals surface area contributed by atoms with Crippen LogP contribution in [0.1, 0.15) is 96.1 Å². The molecule has 3 amide bonds. The summed E-state index contributed by atoms with van der Waals surface area (Å²) in [6.45, 7) is 11.8. The Bertz CT molecular complexity index is 1940. The molecule has 15 heteroatoms. The van der Waals surface area contributed by atoms with E-state index in [-0.39, 0.29) is 30.9 Å². The standard InChI is InChI=1S/C44H58ClN5O9/c1-4-29-23-44(29,42(53)54)48-40(51)34-21-31(24-50(34)41(52)38(25(2)3)47-43(55)59-30-19-27-18-28(27)20-30)58-36-22-33(26-8-6-5-7-9-26)46-39-32(36)10-11-35(37(39)45)57-17-14-49-12-15-56-16-13-49/h10-11,22,26-31,34,38H,2,4-9,12-21,23-24H2,1,3H3,(H,47,55)(H,48,51)(H,53,54)/t27-,28+,29-,30+,31-,34+,38+,44-/m1/s1. The van der Waals surface area contributed by atoms with E-state index in [1.54, 1.807) is 6.92 Å². The number of ether oxygens (including phenoxy) is 4. The van der Waals surface area contributed by atoms with Gasteiger partial charge < -0.3 is 39.6 Å². The number of amides is 3. The molecule has 8 rings (SSSR count). The fourth-order valence-electron chi connectivity index (χ4n) is 9.92. The second kappa shape index (κ2) is 17.5. The molecule has 0 spiro atoms. The van der Waals surface area contributed by atoms with Gasteiger partial charge in [-0.05, 0) is 80.9 Å². The third kappa shape index (κ3) is 9.00. The minimum atomic E-state index is -1.40. The van der Waals surface area contributed by atoms with Gasteiger partial charge in [0.25, 0.3) is 0 Å². The van der Waals surface area contributed by atoms with Crippen molar-refractivity contribution in [1.29, 1.82) is 0 Å². The second-order valence-corrected chi connectivity index (χ2v) is 18.1. The number of halogens is 1. The van der Waals surface area contributed by atoms with Gasteiger partial charge in [-0.3, -0.25) is 19.5 Å². The first-order valence-electron chi connectivity index (χ1n) is 21.6. The number of hydrogen-bond acceptors (Lipinski definition) is 10. The van der Waals surface area contributed by atoms with E-state index in [2.05, 4.69) is 22.1 Å². The lowest BCUT2D eigenvalue weighted by Gasteiger charge is -2.29. The summed E-state index contributed by atoms with van der Waals surface area (Å²) in [7, 11) is 0. The van der Waals surface area contributed by atoms with Gasteiger partial charge in [-0.15, -0.1) is 0 Å². The number of morpholine rings is 1. The van der Waals surface area contributed by atoms with E-state index >= 15 is 0 Å². The third-order valence-electron chi connectivity index (χ3n) is 13.6. The first-order chi connectivity index (χ1) is 28.4. The van der Waals surface area contributed by atoms with Crippen molar-refractivity contribution in [2.45, 2.75) is 120 Å². The van der Waals surface area contributed by atoms with Crippen LogP contribution in [0.25, 0.3) is 10.9 Å². The van der Waals surface area contributed by atoms with Crippen LogP contribution < -0.4 is 20.1 Å². The van der Waals surface area contributed by atoms with Gasteiger partial charge in [-0.25, -0.2) is 9.59 Å².